The molecule has 1 aliphatic rings. The van der Waals surface area contributed by atoms with E-state index in [9.17, 15) is 13.8 Å². The monoisotopic (exact) mass is 309 g/mol. The highest BCUT2D eigenvalue weighted by Crippen LogP contribution is 2.34. The van der Waals surface area contributed by atoms with E-state index in [1.165, 1.54) is 0 Å². The molecule has 1 fully saturated rings. The number of nitrogens with one attached hydrogen (secondary N) is 1. The van der Waals surface area contributed by atoms with E-state index < -0.39 is 28.6 Å². The molecule has 3 unspecified atom stereocenters. The molecule has 1 aromatic rings. The van der Waals surface area contributed by atoms with Crippen LogP contribution in [0.1, 0.15) is 18.4 Å². The van der Waals surface area contributed by atoms with E-state index in [0.717, 1.165) is 5.56 Å². The van der Waals surface area contributed by atoms with Crippen molar-refractivity contribution in [3.63, 3.8) is 0 Å². The van der Waals surface area contributed by atoms with Crippen LogP contribution in [-0.4, -0.2) is 33.5 Å². The van der Waals surface area contributed by atoms with Crippen LogP contribution in [0.25, 0.3) is 0 Å². The van der Waals surface area contributed by atoms with E-state index in [4.69, 9.17) is 5.11 Å². The van der Waals surface area contributed by atoms with Crippen molar-refractivity contribution in [3.8, 4) is 0 Å². The number of hydrogen-bond donors (Lipinski definition) is 2. The van der Waals surface area contributed by atoms with Crippen molar-refractivity contribution in [2.75, 3.05) is 12.3 Å². The highest BCUT2D eigenvalue weighted by Gasteiger charge is 2.41. The van der Waals surface area contributed by atoms with Gasteiger partial charge in [-0.15, -0.1) is 0 Å². The van der Waals surface area contributed by atoms with Gasteiger partial charge in [-0.2, -0.15) is 0 Å². The van der Waals surface area contributed by atoms with Gasteiger partial charge >= 0.3 is 5.97 Å². The molecule has 5 nitrogen and oxygen atoms in total. The first-order valence-corrected chi connectivity index (χ1v) is 8.46. The van der Waals surface area contributed by atoms with Gasteiger partial charge in [0.25, 0.3) is 0 Å². The molecular weight excluding hydrogens is 290 g/mol. The summed E-state index contributed by atoms with van der Waals surface area (Å²) in [7, 11) is -1.03. The topological polar surface area (TPSA) is 83.5 Å². The number of aliphatic carboxylic acids is 1. The number of carbonyl (C=O) groups is 2. The summed E-state index contributed by atoms with van der Waals surface area (Å²) in [6.07, 6.45) is 1.18. The largest absolute Gasteiger partial charge is 0.481 e. The van der Waals surface area contributed by atoms with Gasteiger partial charge in [-0.1, -0.05) is 30.3 Å². The maximum absolute atomic E-state index is 11.9. The fourth-order valence-corrected chi connectivity index (χ4v) is 3.40. The normalized spacial score (nSPS) is 22.1. The number of amides is 1. The molecule has 3 atom stereocenters. The van der Waals surface area contributed by atoms with Gasteiger partial charge < -0.3 is 10.4 Å². The molecule has 2 rings (SSSR count). The number of carbonyl (C=O) groups excluding carboxylic acids is 1. The summed E-state index contributed by atoms with van der Waals surface area (Å²) in [5.41, 5.74) is 1.01. The van der Waals surface area contributed by atoms with Gasteiger partial charge in [0.2, 0.25) is 5.91 Å². The Morgan fingerprint density at radius 1 is 1.19 bits per heavy atom. The van der Waals surface area contributed by atoms with Crippen LogP contribution in [0, 0.1) is 11.8 Å². The molecule has 1 amide bonds. The standard InChI is InChI=1S/C15H19NO4S/c17-14(12-6-7-13(12)15(18)19)16-8-9-21(20)10-11-4-2-1-3-5-11/h1-5,12-13H,6-10H2,(H,16,17)(H,18,19). The first-order valence-electron chi connectivity index (χ1n) is 6.97. The lowest BCUT2D eigenvalue weighted by Crippen LogP contribution is -2.44. The van der Waals surface area contributed by atoms with Crippen LogP contribution < -0.4 is 5.32 Å². The van der Waals surface area contributed by atoms with E-state index in [-0.39, 0.29) is 5.91 Å². The fourth-order valence-electron chi connectivity index (χ4n) is 2.36. The third-order valence-electron chi connectivity index (χ3n) is 3.73. The molecule has 0 radical (unpaired) electrons. The molecule has 0 saturated heterocycles. The zero-order valence-electron chi connectivity index (χ0n) is 11.7. The summed E-state index contributed by atoms with van der Waals surface area (Å²) in [6.45, 7) is 0.321. The lowest BCUT2D eigenvalue weighted by molar-refractivity contribution is -0.152. The van der Waals surface area contributed by atoms with Crippen molar-refractivity contribution in [3.05, 3.63) is 35.9 Å². The summed E-state index contributed by atoms with van der Waals surface area (Å²) in [4.78, 5) is 22.7. The van der Waals surface area contributed by atoms with Crippen molar-refractivity contribution < 1.29 is 18.9 Å². The number of benzene rings is 1. The Morgan fingerprint density at radius 2 is 1.86 bits per heavy atom. The molecule has 1 saturated carbocycles. The van der Waals surface area contributed by atoms with Crippen molar-refractivity contribution in [1.29, 1.82) is 0 Å². The van der Waals surface area contributed by atoms with Crippen molar-refractivity contribution in [2.45, 2.75) is 18.6 Å². The van der Waals surface area contributed by atoms with Crippen LogP contribution in [0.3, 0.4) is 0 Å². The molecule has 0 spiro atoms. The third-order valence-corrected chi connectivity index (χ3v) is 5.04. The Balaban J connectivity index is 1.68. The molecule has 1 aromatic carbocycles. The SMILES string of the molecule is O=C(O)C1CCC1C(=O)NCCS(=O)Cc1ccccc1. The van der Waals surface area contributed by atoms with Gasteiger partial charge in [-0.3, -0.25) is 13.8 Å². The Labute approximate surface area is 126 Å². The van der Waals surface area contributed by atoms with Crippen LogP contribution in [0.2, 0.25) is 0 Å². The van der Waals surface area contributed by atoms with Crippen LogP contribution in [0.5, 0.6) is 0 Å². The smallest absolute Gasteiger partial charge is 0.307 e. The molecule has 114 valence electrons. The Morgan fingerprint density at radius 3 is 2.43 bits per heavy atom. The van der Waals surface area contributed by atoms with E-state index in [1.807, 2.05) is 30.3 Å². The lowest BCUT2D eigenvalue weighted by Gasteiger charge is -2.31. The first kappa shape index (κ1) is 15.7. The van der Waals surface area contributed by atoms with E-state index in [2.05, 4.69) is 5.32 Å². The number of rotatable bonds is 7. The molecule has 0 bridgehead atoms. The van der Waals surface area contributed by atoms with Gasteiger partial charge in [0.15, 0.2) is 0 Å². The summed E-state index contributed by atoms with van der Waals surface area (Å²) < 4.78 is 11.9. The van der Waals surface area contributed by atoms with Crippen molar-refractivity contribution in [2.24, 2.45) is 11.8 Å². The van der Waals surface area contributed by atoms with Gasteiger partial charge in [-0.05, 0) is 18.4 Å². The predicted molar refractivity (Wildman–Crippen MR) is 80.0 cm³/mol. The van der Waals surface area contributed by atoms with Crippen LogP contribution in [-0.2, 0) is 26.1 Å². The first-order chi connectivity index (χ1) is 10.1. The highest BCUT2D eigenvalue weighted by molar-refractivity contribution is 7.84. The molecule has 0 aromatic heterocycles. The van der Waals surface area contributed by atoms with Gasteiger partial charge in [0, 0.05) is 28.9 Å². The predicted octanol–water partition coefficient (Wildman–Crippen LogP) is 1.16. The lowest BCUT2D eigenvalue weighted by atomic mass is 9.73. The minimum atomic E-state index is -1.03. The average molecular weight is 309 g/mol. The minimum Gasteiger partial charge on any atom is -0.481 e. The molecular formula is C15H19NO4S. The number of carboxylic acid groups (broad SMARTS) is 1. The van der Waals surface area contributed by atoms with E-state index in [0.29, 0.717) is 30.9 Å². The molecule has 21 heavy (non-hydrogen) atoms. The second-order valence-electron chi connectivity index (χ2n) is 5.19. The second-order valence-corrected chi connectivity index (χ2v) is 6.77. The van der Waals surface area contributed by atoms with Crippen LogP contribution in [0.4, 0.5) is 0 Å². The summed E-state index contributed by atoms with van der Waals surface area (Å²) in [6, 6.07) is 9.54. The van der Waals surface area contributed by atoms with E-state index >= 15 is 0 Å². The zero-order valence-corrected chi connectivity index (χ0v) is 12.5. The minimum absolute atomic E-state index is 0.231. The van der Waals surface area contributed by atoms with Crippen molar-refractivity contribution in [1.82, 2.24) is 5.32 Å². The van der Waals surface area contributed by atoms with Gasteiger partial charge in [0.1, 0.15) is 0 Å². The molecule has 0 aliphatic heterocycles. The molecule has 2 N–H and O–H groups in total. The fraction of sp³-hybridized carbons (Fsp3) is 0.467. The van der Waals surface area contributed by atoms with Crippen molar-refractivity contribution >= 4 is 22.7 Å². The third kappa shape index (κ3) is 4.39. The second kappa shape index (κ2) is 7.36. The van der Waals surface area contributed by atoms with Crippen LogP contribution in [0.15, 0.2) is 30.3 Å². The highest BCUT2D eigenvalue weighted by atomic mass is 32.2. The zero-order chi connectivity index (χ0) is 15.2. The maximum atomic E-state index is 11.9. The molecule has 1 aliphatic carbocycles. The van der Waals surface area contributed by atoms with E-state index in [1.54, 1.807) is 0 Å². The van der Waals surface area contributed by atoms with Gasteiger partial charge in [-0.25, -0.2) is 0 Å². The molecule has 0 heterocycles. The van der Waals surface area contributed by atoms with Crippen LogP contribution >= 0.6 is 0 Å². The summed E-state index contributed by atoms with van der Waals surface area (Å²) >= 11 is 0. The quantitative estimate of drug-likeness (QED) is 0.792. The number of carboxylic acids is 1. The average Bonchev–Trinajstić information content (AvgIpc) is 2.37. The Hall–Kier alpha value is -1.69. The Bertz CT molecular complexity index is 532. The molecule has 6 heteroatoms. The summed E-state index contributed by atoms with van der Waals surface area (Å²) in [5.74, 6) is -1.27. The summed E-state index contributed by atoms with van der Waals surface area (Å²) in [5, 5.41) is 11.6. The maximum Gasteiger partial charge on any atom is 0.307 e. The number of hydrogen-bond acceptors (Lipinski definition) is 3. The Kier molecular flexibility index (Phi) is 5.50. The van der Waals surface area contributed by atoms with Gasteiger partial charge in [0.05, 0.1) is 11.8 Å².